The summed E-state index contributed by atoms with van der Waals surface area (Å²) in [6.45, 7) is 3.79. The topological polar surface area (TPSA) is 50.7 Å². The summed E-state index contributed by atoms with van der Waals surface area (Å²) in [6, 6.07) is 18.8. The highest BCUT2D eigenvalue weighted by Gasteiger charge is 2.13. The Labute approximate surface area is 201 Å². The molecule has 0 spiro atoms. The molecule has 2 N–H and O–H groups in total. The normalized spacial score (nSPS) is 11.9. The molecular weight excluding hydrogens is 501 g/mol. The van der Waals surface area contributed by atoms with Gasteiger partial charge in [-0.15, -0.1) is 0 Å². The van der Waals surface area contributed by atoms with Crippen LogP contribution in [0.2, 0.25) is 10.0 Å². The molecule has 0 aliphatic carbocycles. The van der Waals surface area contributed by atoms with Crippen LogP contribution in [0, 0.1) is 0 Å². The lowest BCUT2D eigenvalue weighted by Gasteiger charge is -2.17. The molecule has 0 aliphatic rings. The highest BCUT2D eigenvalue weighted by Crippen LogP contribution is 2.35. The molecule has 0 heterocycles. The van der Waals surface area contributed by atoms with Crippen molar-refractivity contribution in [3.63, 3.8) is 0 Å². The van der Waals surface area contributed by atoms with Crippen LogP contribution >= 0.6 is 39.1 Å². The number of hydrogen-bond donors (Lipinski definition) is 2. The van der Waals surface area contributed by atoms with E-state index in [1.807, 2.05) is 55.5 Å². The van der Waals surface area contributed by atoms with Crippen LogP contribution in [-0.2, 0) is 13.2 Å². The SMILES string of the molecule is CCOc1cc(CNCC(O)c2ccccc2)c(Br)cc1OCc1ccc(Cl)c(Cl)c1. The van der Waals surface area contributed by atoms with Crippen LogP contribution < -0.4 is 14.8 Å². The van der Waals surface area contributed by atoms with Gasteiger partial charge < -0.3 is 19.9 Å². The standard InChI is InChI=1S/C24H24BrCl2NO3/c1-2-30-23-11-18(13-28-14-22(29)17-6-4-3-5-7-17)19(25)12-24(23)31-15-16-8-9-20(26)21(27)10-16/h3-12,22,28-29H,2,13-15H2,1H3. The average molecular weight is 525 g/mol. The van der Waals surface area contributed by atoms with Crippen LogP contribution in [0.15, 0.2) is 65.1 Å². The Hall–Kier alpha value is -1.76. The predicted octanol–water partition coefficient (Wildman–Crippen LogP) is 6.56. The fraction of sp³-hybridized carbons (Fsp3) is 0.250. The number of halogens is 3. The third kappa shape index (κ3) is 6.86. The molecule has 0 fully saturated rings. The molecule has 0 amide bonds. The summed E-state index contributed by atoms with van der Waals surface area (Å²) in [5.41, 5.74) is 2.80. The van der Waals surface area contributed by atoms with Crippen LogP contribution in [-0.4, -0.2) is 18.3 Å². The maximum absolute atomic E-state index is 10.3. The quantitative estimate of drug-likeness (QED) is 0.315. The lowest BCUT2D eigenvalue weighted by Crippen LogP contribution is -2.21. The first-order chi connectivity index (χ1) is 15.0. The molecule has 3 rings (SSSR count). The van der Waals surface area contributed by atoms with Gasteiger partial charge in [-0.3, -0.25) is 0 Å². The summed E-state index contributed by atoms with van der Waals surface area (Å²) in [4.78, 5) is 0. The van der Waals surface area contributed by atoms with Crippen molar-refractivity contribution in [3.8, 4) is 11.5 Å². The van der Waals surface area contributed by atoms with Crippen molar-refractivity contribution in [2.45, 2.75) is 26.2 Å². The van der Waals surface area contributed by atoms with E-state index in [1.165, 1.54) is 0 Å². The average Bonchev–Trinajstić information content (AvgIpc) is 2.77. The number of nitrogens with one attached hydrogen (secondary N) is 1. The molecule has 0 saturated heterocycles. The second kappa shape index (κ2) is 11.7. The summed E-state index contributed by atoms with van der Waals surface area (Å²) in [6.07, 6.45) is -0.569. The van der Waals surface area contributed by atoms with E-state index in [1.54, 1.807) is 12.1 Å². The van der Waals surface area contributed by atoms with Crippen molar-refractivity contribution < 1.29 is 14.6 Å². The van der Waals surface area contributed by atoms with E-state index >= 15 is 0 Å². The third-order valence-electron chi connectivity index (χ3n) is 4.63. The zero-order chi connectivity index (χ0) is 22.2. The number of benzene rings is 3. The van der Waals surface area contributed by atoms with Gasteiger partial charge in [-0.1, -0.05) is 75.5 Å². The van der Waals surface area contributed by atoms with Gasteiger partial charge in [0.05, 0.1) is 22.8 Å². The Morgan fingerprint density at radius 2 is 1.71 bits per heavy atom. The number of aliphatic hydroxyl groups excluding tert-OH is 1. The first-order valence-electron chi connectivity index (χ1n) is 9.93. The van der Waals surface area contributed by atoms with Crippen molar-refractivity contribution >= 4 is 39.1 Å². The Morgan fingerprint density at radius 3 is 2.42 bits per heavy atom. The van der Waals surface area contributed by atoms with E-state index in [2.05, 4.69) is 21.2 Å². The molecule has 4 nitrogen and oxygen atoms in total. The molecule has 31 heavy (non-hydrogen) atoms. The van der Waals surface area contributed by atoms with Gasteiger partial charge in [-0.25, -0.2) is 0 Å². The summed E-state index contributed by atoms with van der Waals surface area (Å²) in [5, 5.41) is 14.6. The fourth-order valence-corrected chi connectivity index (χ4v) is 3.80. The van der Waals surface area contributed by atoms with Gasteiger partial charge >= 0.3 is 0 Å². The van der Waals surface area contributed by atoms with Crippen molar-refractivity contribution in [3.05, 3.63) is 91.9 Å². The maximum Gasteiger partial charge on any atom is 0.162 e. The van der Waals surface area contributed by atoms with E-state index in [0.717, 1.165) is 21.2 Å². The molecule has 0 saturated carbocycles. The molecule has 3 aromatic carbocycles. The summed E-state index contributed by atoms with van der Waals surface area (Å²) in [5.74, 6) is 1.29. The molecule has 0 radical (unpaired) electrons. The largest absolute Gasteiger partial charge is 0.490 e. The van der Waals surface area contributed by atoms with Gasteiger partial charge in [-0.05, 0) is 47.9 Å². The molecule has 7 heteroatoms. The highest BCUT2D eigenvalue weighted by molar-refractivity contribution is 9.10. The van der Waals surface area contributed by atoms with Crippen LogP contribution in [0.1, 0.15) is 29.7 Å². The first-order valence-corrected chi connectivity index (χ1v) is 11.5. The number of aliphatic hydroxyl groups is 1. The van der Waals surface area contributed by atoms with E-state index in [4.69, 9.17) is 32.7 Å². The van der Waals surface area contributed by atoms with Gasteiger partial charge in [0.25, 0.3) is 0 Å². The van der Waals surface area contributed by atoms with Gasteiger partial charge in [-0.2, -0.15) is 0 Å². The maximum atomic E-state index is 10.3. The molecule has 0 bridgehead atoms. The highest BCUT2D eigenvalue weighted by atomic mass is 79.9. The lowest BCUT2D eigenvalue weighted by atomic mass is 10.1. The van der Waals surface area contributed by atoms with Crippen molar-refractivity contribution in [2.24, 2.45) is 0 Å². The van der Waals surface area contributed by atoms with E-state index < -0.39 is 6.10 Å². The Bertz CT molecular complexity index is 1000. The zero-order valence-corrected chi connectivity index (χ0v) is 20.2. The molecular formula is C24H24BrCl2NO3. The number of hydrogen-bond acceptors (Lipinski definition) is 4. The van der Waals surface area contributed by atoms with Crippen LogP contribution in [0.5, 0.6) is 11.5 Å². The monoisotopic (exact) mass is 523 g/mol. The molecule has 0 aromatic heterocycles. The fourth-order valence-electron chi connectivity index (χ4n) is 3.02. The summed E-state index contributed by atoms with van der Waals surface area (Å²) >= 11 is 15.7. The van der Waals surface area contributed by atoms with Gasteiger partial charge in [0.2, 0.25) is 0 Å². The van der Waals surface area contributed by atoms with Crippen LogP contribution in [0.4, 0.5) is 0 Å². The third-order valence-corrected chi connectivity index (χ3v) is 6.11. The second-order valence-electron chi connectivity index (χ2n) is 6.92. The minimum atomic E-state index is -0.569. The second-order valence-corrected chi connectivity index (χ2v) is 8.59. The number of rotatable bonds is 10. The van der Waals surface area contributed by atoms with E-state index in [-0.39, 0.29) is 0 Å². The zero-order valence-electron chi connectivity index (χ0n) is 17.1. The summed E-state index contributed by atoms with van der Waals surface area (Å²) < 4.78 is 12.7. The van der Waals surface area contributed by atoms with E-state index in [0.29, 0.717) is 47.8 Å². The summed E-state index contributed by atoms with van der Waals surface area (Å²) in [7, 11) is 0. The Kier molecular flexibility index (Phi) is 9.05. The van der Waals surface area contributed by atoms with Gasteiger partial charge in [0.1, 0.15) is 6.61 Å². The van der Waals surface area contributed by atoms with Crippen LogP contribution in [0.25, 0.3) is 0 Å². The Morgan fingerprint density at radius 1 is 0.968 bits per heavy atom. The molecule has 3 aromatic rings. The smallest absolute Gasteiger partial charge is 0.162 e. The molecule has 164 valence electrons. The molecule has 1 unspecified atom stereocenters. The lowest BCUT2D eigenvalue weighted by molar-refractivity contribution is 0.174. The van der Waals surface area contributed by atoms with Gasteiger partial charge in [0.15, 0.2) is 11.5 Å². The minimum Gasteiger partial charge on any atom is -0.490 e. The van der Waals surface area contributed by atoms with Crippen molar-refractivity contribution in [2.75, 3.05) is 13.2 Å². The predicted molar refractivity (Wildman–Crippen MR) is 129 cm³/mol. The first kappa shape index (κ1) is 23.9. The number of ether oxygens (including phenoxy) is 2. The Balaban J connectivity index is 1.65. The van der Waals surface area contributed by atoms with E-state index in [9.17, 15) is 5.11 Å². The molecule has 1 atom stereocenters. The van der Waals surface area contributed by atoms with Gasteiger partial charge in [0, 0.05) is 17.6 Å². The minimum absolute atomic E-state index is 0.338. The van der Waals surface area contributed by atoms with Crippen molar-refractivity contribution in [1.29, 1.82) is 0 Å². The molecule has 0 aliphatic heterocycles. The van der Waals surface area contributed by atoms with Crippen LogP contribution in [0.3, 0.4) is 0 Å². The van der Waals surface area contributed by atoms with Crippen molar-refractivity contribution in [1.82, 2.24) is 5.32 Å².